The molecule has 0 aliphatic heterocycles. The zero-order chi connectivity index (χ0) is 12.7. The average molecular weight is 298 g/mol. The highest BCUT2D eigenvalue weighted by atomic mass is 79.9. The first-order valence-electron chi connectivity index (χ1n) is 6.66. The fourth-order valence-corrected chi connectivity index (χ4v) is 2.45. The van der Waals surface area contributed by atoms with Gasteiger partial charge in [-0.3, -0.25) is 0 Å². The lowest BCUT2D eigenvalue weighted by Gasteiger charge is -2.22. The van der Waals surface area contributed by atoms with Crippen LogP contribution in [0.25, 0.3) is 0 Å². The van der Waals surface area contributed by atoms with Gasteiger partial charge in [-0.15, -0.1) is 0 Å². The third kappa shape index (κ3) is 5.69. The molecule has 0 spiro atoms. The summed E-state index contributed by atoms with van der Waals surface area (Å²) >= 11 is 3.47. The number of rotatable bonds is 7. The summed E-state index contributed by atoms with van der Waals surface area (Å²) in [6.45, 7) is 6.80. The topological polar surface area (TPSA) is 12.0 Å². The minimum atomic E-state index is 0.549. The standard InChI is InChI=1S/C15H24BrN/c1-4-6-15(5-2)17-12(3)11-13-7-9-14(16)10-8-13/h7-10,12,15,17H,4-6,11H2,1-3H3. The van der Waals surface area contributed by atoms with Crippen molar-refractivity contribution < 1.29 is 0 Å². The van der Waals surface area contributed by atoms with E-state index in [4.69, 9.17) is 0 Å². The van der Waals surface area contributed by atoms with Crippen LogP contribution in [0.3, 0.4) is 0 Å². The van der Waals surface area contributed by atoms with Gasteiger partial charge < -0.3 is 5.32 Å². The lowest BCUT2D eigenvalue weighted by molar-refractivity contribution is 0.408. The Balaban J connectivity index is 2.42. The number of hydrogen-bond donors (Lipinski definition) is 1. The van der Waals surface area contributed by atoms with Crippen molar-refractivity contribution in [3.05, 3.63) is 34.3 Å². The van der Waals surface area contributed by atoms with Crippen LogP contribution in [-0.2, 0) is 6.42 Å². The Morgan fingerprint density at radius 2 is 1.82 bits per heavy atom. The van der Waals surface area contributed by atoms with Gasteiger partial charge in [0, 0.05) is 16.6 Å². The van der Waals surface area contributed by atoms with Crippen LogP contribution in [0.2, 0.25) is 0 Å². The molecule has 0 saturated heterocycles. The maximum absolute atomic E-state index is 3.72. The first-order chi connectivity index (χ1) is 8.15. The Labute approximate surface area is 114 Å². The third-order valence-electron chi connectivity index (χ3n) is 3.11. The first-order valence-corrected chi connectivity index (χ1v) is 7.45. The molecule has 1 rings (SSSR count). The van der Waals surface area contributed by atoms with E-state index in [-0.39, 0.29) is 0 Å². The van der Waals surface area contributed by atoms with Gasteiger partial charge in [0.1, 0.15) is 0 Å². The highest BCUT2D eigenvalue weighted by molar-refractivity contribution is 9.10. The highest BCUT2D eigenvalue weighted by Crippen LogP contribution is 2.12. The van der Waals surface area contributed by atoms with Crippen molar-refractivity contribution in [2.45, 2.75) is 58.5 Å². The molecule has 2 atom stereocenters. The van der Waals surface area contributed by atoms with Crippen molar-refractivity contribution in [3.8, 4) is 0 Å². The minimum absolute atomic E-state index is 0.549. The summed E-state index contributed by atoms with van der Waals surface area (Å²) in [5.74, 6) is 0. The second kappa shape index (κ2) is 7.88. The lowest BCUT2D eigenvalue weighted by atomic mass is 10.0. The summed E-state index contributed by atoms with van der Waals surface area (Å²) in [6.07, 6.45) is 4.86. The monoisotopic (exact) mass is 297 g/mol. The molecule has 2 unspecified atom stereocenters. The second-order valence-electron chi connectivity index (χ2n) is 4.79. The highest BCUT2D eigenvalue weighted by Gasteiger charge is 2.09. The summed E-state index contributed by atoms with van der Waals surface area (Å²) in [5.41, 5.74) is 1.40. The van der Waals surface area contributed by atoms with E-state index in [1.54, 1.807) is 0 Å². The van der Waals surface area contributed by atoms with Crippen LogP contribution < -0.4 is 5.32 Å². The Kier molecular flexibility index (Phi) is 6.83. The Hall–Kier alpha value is -0.340. The molecule has 0 fully saturated rings. The van der Waals surface area contributed by atoms with Crippen LogP contribution in [0.1, 0.15) is 45.6 Å². The predicted octanol–water partition coefficient (Wildman–Crippen LogP) is 4.55. The van der Waals surface area contributed by atoms with Crippen LogP contribution in [0.5, 0.6) is 0 Å². The molecule has 0 aromatic heterocycles. The maximum Gasteiger partial charge on any atom is 0.0175 e. The maximum atomic E-state index is 3.72. The van der Waals surface area contributed by atoms with Crippen molar-refractivity contribution in [3.63, 3.8) is 0 Å². The molecular formula is C15H24BrN. The van der Waals surface area contributed by atoms with Crippen molar-refractivity contribution >= 4 is 15.9 Å². The summed E-state index contributed by atoms with van der Waals surface area (Å²) in [7, 11) is 0. The Morgan fingerprint density at radius 1 is 1.18 bits per heavy atom. The van der Waals surface area contributed by atoms with Gasteiger partial charge in [0.25, 0.3) is 0 Å². The van der Waals surface area contributed by atoms with Gasteiger partial charge in [-0.25, -0.2) is 0 Å². The average Bonchev–Trinajstić information content (AvgIpc) is 2.31. The number of benzene rings is 1. The number of hydrogen-bond acceptors (Lipinski definition) is 1. The van der Waals surface area contributed by atoms with E-state index < -0.39 is 0 Å². The van der Waals surface area contributed by atoms with Crippen molar-refractivity contribution in [2.75, 3.05) is 0 Å². The summed E-state index contributed by atoms with van der Waals surface area (Å²) in [6, 6.07) is 9.85. The summed E-state index contributed by atoms with van der Waals surface area (Å²) < 4.78 is 1.15. The number of nitrogens with one attached hydrogen (secondary N) is 1. The van der Waals surface area contributed by atoms with Crippen molar-refractivity contribution in [2.24, 2.45) is 0 Å². The zero-order valence-electron chi connectivity index (χ0n) is 11.2. The van der Waals surface area contributed by atoms with E-state index >= 15 is 0 Å². The van der Waals surface area contributed by atoms with E-state index in [1.165, 1.54) is 24.8 Å². The van der Waals surface area contributed by atoms with E-state index in [9.17, 15) is 0 Å². The van der Waals surface area contributed by atoms with Gasteiger partial charge in [-0.2, -0.15) is 0 Å². The second-order valence-corrected chi connectivity index (χ2v) is 5.71. The van der Waals surface area contributed by atoms with Gasteiger partial charge >= 0.3 is 0 Å². The molecule has 0 bridgehead atoms. The molecule has 1 aromatic rings. The quantitative estimate of drug-likeness (QED) is 0.779. The zero-order valence-corrected chi connectivity index (χ0v) is 12.8. The van der Waals surface area contributed by atoms with Gasteiger partial charge in [0.05, 0.1) is 0 Å². The van der Waals surface area contributed by atoms with Crippen LogP contribution in [-0.4, -0.2) is 12.1 Å². The third-order valence-corrected chi connectivity index (χ3v) is 3.63. The molecule has 0 amide bonds. The first kappa shape index (κ1) is 14.7. The van der Waals surface area contributed by atoms with Crippen LogP contribution in [0, 0.1) is 0 Å². The fourth-order valence-electron chi connectivity index (χ4n) is 2.19. The van der Waals surface area contributed by atoms with Crippen LogP contribution >= 0.6 is 15.9 Å². The molecule has 17 heavy (non-hydrogen) atoms. The van der Waals surface area contributed by atoms with Crippen LogP contribution in [0.15, 0.2) is 28.7 Å². The fraction of sp³-hybridized carbons (Fsp3) is 0.600. The van der Waals surface area contributed by atoms with E-state index in [0.717, 1.165) is 10.9 Å². The van der Waals surface area contributed by atoms with Crippen molar-refractivity contribution in [1.29, 1.82) is 0 Å². The van der Waals surface area contributed by atoms with E-state index in [1.807, 2.05) is 0 Å². The predicted molar refractivity (Wildman–Crippen MR) is 79.4 cm³/mol. The minimum Gasteiger partial charge on any atom is -0.311 e. The van der Waals surface area contributed by atoms with E-state index in [2.05, 4.69) is 66.3 Å². The molecule has 2 heteroatoms. The smallest absolute Gasteiger partial charge is 0.0175 e. The molecule has 96 valence electrons. The van der Waals surface area contributed by atoms with Crippen LogP contribution in [0.4, 0.5) is 0 Å². The molecule has 0 aliphatic rings. The SMILES string of the molecule is CCCC(CC)NC(C)Cc1ccc(Br)cc1. The van der Waals surface area contributed by atoms with Gasteiger partial charge in [0.15, 0.2) is 0 Å². The molecule has 0 aliphatic carbocycles. The molecule has 0 radical (unpaired) electrons. The lowest BCUT2D eigenvalue weighted by Crippen LogP contribution is -2.37. The molecule has 0 heterocycles. The molecular weight excluding hydrogens is 274 g/mol. The molecule has 1 nitrogen and oxygen atoms in total. The number of halogens is 1. The molecule has 0 saturated carbocycles. The largest absolute Gasteiger partial charge is 0.311 e. The van der Waals surface area contributed by atoms with E-state index in [0.29, 0.717) is 12.1 Å². The van der Waals surface area contributed by atoms with Gasteiger partial charge in [0.2, 0.25) is 0 Å². The normalized spacial score (nSPS) is 14.6. The summed E-state index contributed by atoms with van der Waals surface area (Å²) in [4.78, 5) is 0. The molecule has 1 aromatic carbocycles. The Bertz CT molecular complexity index is 307. The van der Waals surface area contributed by atoms with Gasteiger partial charge in [-0.05, 0) is 43.9 Å². The van der Waals surface area contributed by atoms with Crippen molar-refractivity contribution in [1.82, 2.24) is 5.32 Å². The Morgan fingerprint density at radius 3 is 2.35 bits per heavy atom. The molecule has 1 N–H and O–H groups in total. The summed E-state index contributed by atoms with van der Waals surface area (Å²) in [5, 5.41) is 3.72. The van der Waals surface area contributed by atoms with Gasteiger partial charge in [-0.1, -0.05) is 48.3 Å².